The van der Waals surface area contributed by atoms with Gasteiger partial charge in [-0.2, -0.15) is 0 Å². The van der Waals surface area contributed by atoms with E-state index in [9.17, 15) is 9.59 Å². The molecular weight excluding hydrogens is 785 g/mol. The fourth-order valence-electron chi connectivity index (χ4n) is 10.6. The van der Waals surface area contributed by atoms with Crippen molar-refractivity contribution in [2.45, 2.75) is 237 Å². The summed E-state index contributed by atoms with van der Waals surface area (Å²) >= 11 is 0. The van der Waals surface area contributed by atoms with Gasteiger partial charge in [0.2, 0.25) is 0 Å². The largest absolute Gasteiger partial charge is 0.408 e. The Labute approximate surface area is 372 Å². The van der Waals surface area contributed by atoms with Gasteiger partial charge in [0.05, 0.1) is 73.2 Å². The van der Waals surface area contributed by atoms with Crippen molar-refractivity contribution in [3.63, 3.8) is 0 Å². The molecule has 348 valence electrons. The molecule has 9 nitrogen and oxygen atoms in total. The summed E-state index contributed by atoms with van der Waals surface area (Å²) in [6.45, 7) is 33.7. The number of carbonyl (C=O) groups excluding carboxylic acids is 2. The van der Waals surface area contributed by atoms with Gasteiger partial charge in [0.15, 0.2) is 8.32 Å². The lowest BCUT2D eigenvalue weighted by atomic mass is 9.77. The second kappa shape index (κ2) is 22.1. The molecule has 5 fully saturated rings. The van der Waals surface area contributed by atoms with Crippen molar-refractivity contribution in [2.75, 3.05) is 7.11 Å². The second-order valence-corrected chi connectivity index (χ2v) is 26.2. The van der Waals surface area contributed by atoms with E-state index in [4.69, 9.17) is 32.8 Å². The number of methoxy groups -OCH3 is 1. The van der Waals surface area contributed by atoms with E-state index in [0.717, 1.165) is 75.2 Å². The lowest BCUT2D eigenvalue weighted by Crippen LogP contribution is -2.58. The van der Waals surface area contributed by atoms with Crippen LogP contribution in [0, 0.1) is 29.6 Å². The molecule has 61 heavy (non-hydrogen) atoms. The highest BCUT2D eigenvalue weighted by molar-refractivity contribution is 6.74. The summed E-state index contributed by atoms with van der Waals surface area (Å²) in [5, 5.41) is 0.0985. The SMILES string of the molecule is C=C1C[C@H](CCC=O)OC1CC[C@H]1C[C@@H](C)C(=C)C(C[C@@H]2O[C@H](C[C@H](C)CC)[C@H](OC)[C@H]2CC(=O)CC2CCC3O[C@@H]([C@H](/C=C/C)O[Si](C)(C)C(C)(C)C)[C@@H](C)[C@@H](C)C3O2)O1. The van der Waals surface area contributed by atoms with Crippen molar-refractivity contribution < 1.29 is 42.4 Å². The molecule has 0 N–H and O–H groups in total. The summed E-state index contributed by atoms with van der Waals surface area (Å²) in [5.41, 5.74) is 2.23. The number of rotatable bonds is 20. The molecule has 5 unspecified atom stereocenters. The minimum atomic E-state index is -2.04. The van der Waals surface area contributed by atoms with Gasteiger partial charge >= 0.3 is 0 Å². The van der Waals surface area contributed by atoms with Crippen LogP contribution < -0.4 is 0 Å². The van der Waals surface area contributed by atoms with Crippen LogP contribution in [0.3, 0.4) is 0 Å². The van der Waals surface area contributed by atoms with Crippen LogP contribution in [-0.4, -0.2) is 101 Å². The first-order valence-corrected chi connectivity index (χ1v) is 27.1. The molecule has 0 radical (unpaired) electrons. The number of aldehydes is 1. The molecule has 0 aromatic carbocycles. The molecule has 17 atom stereocenters. The zero-order valence-electron chi connectivity index (χ0n) is 40.3. The van der Waals surface area contributed by atoms with E-state index < -0.39 is 8.32 Å². The number of ketones is 1. The van der Waals surface area contributed by atoms with Gasteiger partial charge in [0.25, 0.3) is 0 Å². The van der Waals surface area contributed by atoms with Crippen LogP contribution >= 0.6 is 0 Å². The van der Waals surface area contributed by atoms with Gasteiger partial charge in [-0.1, -0.05) is 87.1 Å². The first-order valence-electron chi connectivity index (χ1n) is 24.2. The first-order chi connectivity index (χ1) is 28.8. The van der Waals surface area contributed by atoms with Crippen LogP contribution in [0.1, 0.15) is 146 Å². The monoisotopic (exact) mass is 871 g/mol. The number of Topliss-reactive ketones (excluding diaryl/α,β-unsaturated/α-hetero) is 1. The number of fused-ring (bicyclic) bond motifs is 1. The molecule has 5 aliphatic rings. The number of hydrogen-bond donors (Lipinski definition) is 0. The van der Waals surface area contributed by atoms with Gasteiger partial charge in [-0.15, -0.1) is 0 Å². The Balaban J connectivity index is 1.22. The lowest BCUT2D eigenvalue weighted by Gasteiger charge is -2.51. The maximum absolute atomic E-state index is 14.2. The van der Waals surface area contributed by atoms with E-state index in [1.165, 1.54) is 0 Å². The fourth-order valence-corrected chi connectivity index (χ4v) is 11.8. The quantitative estimate of drug-likeness (QED) is 0.0673. The smallest absolute Gasteiger partial charge is 0.193 e. The zero-order valence-corrected chi connectivity index (χ0v) is 41.3. The minimum absolute atomic E-state index is 0.00669. The highest BCUT2D eigenvalue weighted by Gasteiger charge is 2.51. The van der Waals surface area contributed by atoms with E-state index in [2.05, 4.69) is 101 Å². The van der Waals surface area contributed by atoms with Crippen molar-refractivity contribution in [3.8, 4) is 0 Å². The van der Waals surface area contributed by atoms with Crippen molar-refractivity contribution in [2.24, 2.45) is 29.6 Å². The highest BCUT2D eigenvalue weighted by Crippen LogP contribution is 2.45. The predicted octanol–water partition coefficient (Wildman–Crippen LogP) is 10.9. The van der Waals surface area contributed by atoms with E-state index in [1.54, 1.807) is 7.11 Å². The molecule has 5 aliphatic heterocycles. The summed E-state index contributed by atoms with van der Waals surface area (Å²) in [5.74, 6) is 1.39. The van der Waals surface area contributed by atoms with Crippen LogP contribution in [0.25, 0.3) is 0 Å². The molecule has 0 aromatic heterocycles. The summed E-state index contributed by atoms with van der Waals surface area (Å²) in [4.78, 5) is 25.2. The van der Waals surface area contributed by atoms with Gasteiger partial charge in [0, 0.05) is 38.7 Å². The van der Waals surface area contributed by atoms with Crippen LogP contribution in [0.5, 0.6) is 0 Å². The van der Waals surface area contributed by atoms with Crippen molar-refractivity contribution in [1.82, 2.24) is 0 Å². The predicted molar refractivity (Wildman–Crippen MR) is 246 cm³/mol. The Morgan fingerprint density at radius 1 is 0.918 bits per heavy atom. The normalized spacial score (nSPS) is 38.5. The number of ether oxygens (including phenoxy) is 6. The maximum Gasteiger partial charge on any atom is 0.193 e. The Bertz CT molecular complexity index is 1490. The summed E-state index contributed by atoms with van der Waals surface area (Å²) in [6, 6.07) is 0. The molecule has 5 saturated heterocycles. The molecule has 5 heterocycles. The van der Waals surface area contributed by atoms with E-state index >= 15 is 0 Å². The van der Waals surface area contributed by atoms with E-state index in [0.29, 0.717) is 37.5 Å². The number of hydrogen-bond acceptors (Lipinski definition) is 9. The summed E-state index contributed by atoms with van der Waals surface area (Å²) < 4.78 is 47.1. The van der Waals surface area contributed by atoms with Gasteiger partial charge in [-0.25, -0.2) is 0 Å². The third-order valence-corrected chi connectivity index (χ3v) is 20.4. The fraction of sp³-hybridized carbons (Fsp3) is 0.843. The average molecular weight is 871 g/mol. The molecule has 10 heteroatoms. The van der Waals surface area contributed by atoms with Crippen LogP contribution in [-0.2, 0) is 42.4 Å². The van der Waals surface area contributed by atoms with Crippen molar-refractivity contribution in [1.29, 1.82) is 0 Å². The number of allylic oxidation sites excluding steroid dienone is 1. The van der Waals surface area contributed by atoms with Crippen LogP contribution in [0.15, 0.2) is 36.5 Å². The molecule has 0 aliphatic carbocycles. The Kier molecular flexibility index (Phi) is 18.3. The Hall–Kier alpha value is -1.50. The van der Waals surface area contributed by atoms with Crippen molar-refractivity contribution in [3.05, 3.63) is 36.5 Å². The third kappa shape index (κ3) is 12.6. The van der Waals surface area contributed by atoms with Crippen LogP contribution in [0.2, 0.25) is 18.1 Å². The third-order valence-electron chi connectivity index (χ3n) is 15.9. The van der Waals surface area contributed by atoms with E-state index in [1.807, 2.05) is 0 Å². The molecular formula is C51H86O9Si. The lowest BCUT2D eigenvalue weighted by molar-refractivity contribution is -0.237. The van der Waals surface area contributed by atoms with E-state index in [-0.39, 0.29) is 102 Å². The summed E-state index contributed by atoms with van der Waals surface area (Å²) in [6.07, 6.45) is 14.2. The molecule has 0 saturated carbocycles. The first kappa shape index (κ1) is 50.5. The highest BCUT2D eigenvalue weighted by atomic mass is 28.4. The van der Waals surface area contributed by atoms with Gasteiger partial charge < -0.3 is 37.6 Å². The zero-order chi connectivity index (χ0) is 44.8. The number of carbonyl (C=O) groups is 2. The topological polar surface area (TPSA) is 98.8 Å². The van der Waals surface area contributed by atoms with Gasteiger partial charge in [-0.05, 0) is 111 Å². The molecule has 0 bridgehead atoms. The molecule has 0 amide bonds. The average Bonchev–Trinajstić information content (AvgIpc) is 3.72. The maximum atomic E-state index is 14.2. The Morgan fingerprint density at radius 2 is 1.64 bits per heavy atom. The summed E-state index contributed by atoms with van der Waals surface area (Å²) in [7, 11) is -0.265. The molecule has 0 spiro atoms. The van der Waals surface area contributed by atoms with Gasteiger partial charge in [0.1, 0.15) is 12.1 Å². The Morgan fingerprint density at radius 3 is 2.30 bits per heavy atom. The van der Waals surface area contributed by atoms with Crippen molar-refractivity contribution >= 4 is 20.4 Å². The standard InChI is InChI=1S/C51H86O9Si/c1-15-18-44(60-61(13,14)51(9,10)11)49-36(8)35(7)48-43(59-49)23-21-40(57-48)28-37(53)29-41-46(58-47(50(41)54-12)25-31(3)16-2)30-45-34(6)32(4)26-39(56-45)20-22-42-33(5)27-38(55-42)19-17-24-52/h15,18,24,31-32,35-36,38-50H,5-6,16-17,19-23,25-30H2,1-4,7-14H3/b18-15+/t31-,32-,35-,36+,38+,39+,40?,41+,42?,43?,44+,45?,46+,47-,48?,49-,50-/m1/s1. The minimum Gasteiger partial charge on any atom is -0.408 e. The van der Waals surface area contributed by atoms with Gasteiger partial charge in [-0.3, -0.25) is 4.79 Å². The molecule has 5 rings (SSSR count). The molecule has 0 aromatic rings. The van der Waals surface area contributed by atoms with Crippen LogP contribution in [0.4, 0.5) is 0 Å². The second-order valence-electron chi connectivity index (χ2n) is 21.4.